The summed E-state index contributed by atoms with van der Waals surface area (Å²) in [5.74, 6) is -1.47. The van der Waals surface area contributed by atoms with Gasteiger partial charge in [0.25, 0.3) is 0 Å². The highest BCUT2D eigenvalue weighted by Gasteiger charge is 2.42. The number of nitrogens with zero attached hydrogens (tertiary/aromatic N) is 3. The predicted molar refractivity (Wildman–Crippen MR) is 111 cm³/mol. The van der Waals surface area contributed by atoms with Gasteiger partial charge >= 0.3 is 5.69 Å². The summed E-state index contributed by atoms with van der Waals surface area (Å²) in [6, 6.07) is 4.36. The lowest BCUT2D eigenvalue weighted by molar-refractivity contribution is -0.0315. The Labute approximate surface area is 179 Å². The highest BCUT2D eigenvalue weighted by Crippen LogP contribution is 2.38. The molecule has 0 atom stereocenters. The standard InChI is InChI=1S/C22H28F2N4O3/c1-30-10-11-31-17-2-6-22(14-25,7-3-17)27-8-4-16(5-9-27)28-19-13-15(23)12-18(24)20(19)26-21(28)29/h12-13,16-17H,2-11H2,1H3,(H,26,29). The summed E-state index contributed by atoms with van der Waals surface area (Å²) >= 11 is 0. The van der Waals surface area contributed by atoms with E-state index in [-0.39, 0.29) is 23.2 Å². The molecule has 168 valence electrons. The quantitative estimate of drug-likeness (QED) is 0.707. The fourth-order valence-corrected chi connectivity index (χ4v) is 5.10. The maximum Gasteiger partial charge on any atom is 0.326 e. The van der Waals surface area contributed by atoms with Crippen molar-refractivity contribution < 1.29 is 18.3 Å². The normalized spacial score (nSPS) is 25.7. The van der Waals surface area contributed by atoms with Crippen LogP contribution in [0, 0.1) is 23.0 Å². The number of piperidine rings is 1. The molecule has 31 heavy (non-hydrogen) atoms. The molecule has 2 aliphatic rings. The molecule has 9 heteroatoms. The first-order valence-electron chi connectivity index (χ1n) is 10.8. The number of H-pyrrole nitrogens is 1. The van der Waals surface area contributed by atoms with Gasteiger partial charge in [-0.25, -0.2) is 13.6 Å². The van der Waals surface area contributed by atoms with Crippen LogP contribution in [0.15, 0.2) is 16.9 Å². The van der Waals surface area contributed by atoms with Crippen molar-refractivity contribution >= 4 is 11.0 Å². The van der Waals surface area contributed by atoms with E-state index in [2.05, 4.69) is 16.0 Å². The Morgan fingerprint density at radius 2 is 1.90 bits per heavy atom. The van der Waals surface area contributed by atoms with Crippen LogP contribution in [0.2, 0.25) is 0 Å². The Bertz CT molecular complexity index is 1010. The Kier molecular flexibility index (Phi) is 6.42. The van der Waals surface area contributed by atoms with Crippen LogP contribution in [0.25, 0.3) is 11.0 Å². The summed E-state index contributed by atoms with van der Waals surface area (Å²) in [5.41, 5.74) is -0.657. The summed E-state index contributed by atoms with van der Waals surface area (Å²) in [4.78, 5) is 17.2. The predicted octanol–water partition coefficient (Wildman–Crippen LogP) is 3.11. The second-order valence-electron chi connectivity index (χ2n) is 8.51. The lowest BCUT2D eigenvalue weighted by Gasteiger charge is -2.46. The monoisotopic (exact) mass is 434 g/mol. The molecule has 7 nitrogen and oxygen atoms in total. The smallest absolute Gasteiger partial charge is 0.326 e. The molecular weight excluding hydrogens is 406 g/mol. The van der Waals surface area contributed by atoms with Crippen LogP contribution >= 0.6 is 0 Å². The van der Waals surface area contributed by atoms with E-state index >= 15 is 0 Å². The van der Waals surface area contributed by atoms with Crippen LogP contribution in [0.4, 0.5) is 8.78 Å². The molecule has 1 saturated carbocycles. The number of benzene rings is 1. The van der Waals surface area contributed by atoms with Crippen molar-refractivity contribution in [1.29, 1.82) is 5.26 Å². The zero-order valence-corrected chi connectivity index (χ0v) is 17.7. The van der Waals surface area contributed by atoms with Crippen molar-refractivity contribution in [2.24, 2.45) is 0 Å². The summed E-state index contributed by atoms with van der Waals surface area (Å²) in [7, 11) is 1.64. The van der Waals surface area contributed by atoms with Crippen LogP contribution in [0.3, 0.4) is 0 Å². The van der Waals surface area contributed by atoms with Crippen molar-refractivity contribution in [1.82, 2.24) is 14.5 Å². The number of ether oxygens (including phenoxy) is 2. The van der Waals surface area contributed by atoms with Crippen molar-refractivity contribution in [3.63, 3.8) is 0 Å². The largest absolute Gasteiger partial charge is 0.382 e. The second kappa shape index (κ2) is 9.07. The first-order chi connectivity index (χ1) is 15.0. The number of hydrogen-bond donors (Lipinski definition) is 1. The van der Waals surface area contributed by atoms with Gasteiger partial charge in [-0.1, -0.05) is 0 Å². The van der Waals surface area contributed by atoms with E-state index in [9.17, 15) is 18.8 Å². The lowest BCUT2D eigenvalue weighted by atomic mass is 9.79. The average Bonchev–Trinajstić information content (AvgIpc) is 3.11. The van der Waals surface area contributed by atoms with Crippen LogP contribution in [-0.4, -0.2) is 59.5 Å². The lowest BCUT2D eigenvalue weighted by Crippen LogP contribution is -2.54. The van der Waals surface area contributed by atoms with Crippen LogP contribution in [-0.2, 0) is 9.47 Å². The number of rotatable bonds is 6. The van der Waals surface area contributed by atoms with Crippen LogP contribution < -0.4 is 5.69 Å². The van der Waals surface area contributed by atoms with Gasteiger partial charge in [-0.2, -0.15) is 5.26 Å². The van der Waals surface area contributed by atoms with Crippen molar-refractivity contribution in [2.75, 3.05) is 33.4 Å². The van der Waals surface area contributed by atoms with E-state index < -0.39 is 22.9 Å². The first-order valence-corrected chi connectivity index (χ1v) is 10.8. The highest BCUT2D eigenvalue weighted by molar-refractivity contribution is 5.76. The van der Waals surface area contributed by atoms with Crippen molar-refractivity contribution in [3.8, 4) is 6.07 Å². The minimum atomic E-state index is -0.767. The molecule has 2 fully saturated rings. The van der Waals surface area contributed by atoms with Gasteiger partial charge in [-0.15, -0.1) is 0 Å². The van der Waals surface area contributed by atoms with Gasteiger partial charge in [-0.3, -0.25) is 9.47 Å². The molecule has 4 rings (SSSR count). The molecule has 0 amide bonds. The maximum atomic E-state index is 14.1. The van der Waals surface area contributed by atoms with Gasteiger partial charge in [-0.05, 0) is 38.5 Å². The maximum absolute atomic E-state index is 14.1. The Morgan fingerprint density at radius 1 is 1.19 bits per heavy atom. The number of aromatic nitrogens is 2. The number of nitrogens with one attached hydrogen (secondary N) is 1. The summed E-state index contributed by atoms with van der Waals surface area (Å²) in [6.07, 6.45) is 4.59. The van der Waals surface area contributed by atoms with E-state index in [0.717, 1.165) is 31.7 Å². The van der Waals surface area contributed by atoms with Gasteiger partial charge in [0.1, 0.15) is 16.9 Å². The molecule has 0 spiro atoms. The Hall–Kier alpha value is -2.28. The third-order valence-electron chi connectivity index (χ3n) is 6.79. The summed E-state index contributed by atoms with van der Waals surface area (Å²) < 4.78 is 40.1. The van der Waals surface area contributed by atoms with Crippen molar-refractivity contribution in [2.45, 2.75) is 56.2 Å². The number of nitriles is 1. The fourth-order valence-electron chi connectivity index (χ4n) is 5.10. The van der Waals surface area contributed by atoms with E-state index in [0.29, 0.717) is 39.1 Å². The van der Waals surface area contributed by atoms with Crippen LogP contribution in [0.5, 0.6) is 0 Å². The topological polar surface area (TPSA) is 83.3 Å². The molecule has 0 unspecified atom stereocenters. The molecule has 1 aromatic heterocycles. The van der Waals surface area contributed by atoms with E-state index in [4.69, 9.17) is 9.47 Å². The number of methoxy groups -OCH3 is 1. The van der Waals surface area contributed by atoms with Crippen LogP contribution in [0.1, 0.15) is 44.6 Å². The Balaban J connectivity index is 1.43. The number of aromatic amines is 1. The second-order valence-corrected chi connectivity index (χ2v) is 8.51. The van der Waals surface area contributed by atoms with Gasteiger partial charge in [0, 0.05) is 38.4 Å². The average molecular weight is 434 g/mol. The third-order valence-corrected chi connectivity index (χ3v) is 6.79. The molecule has 0 radical (unpaired) electrons. The minimum absolute atomic E-state index is 0.0362. The van der Waals surface area contributed by atoms with E-state index in [1.165, 1.54) is 10.6 Å². The molecule has 1 aliphatic carbocycles. The molecule has 1 N–H and O–H groups in total. The molecule has 2 heterocycles. The minimum Gasteiger partial charge on any atom is -0.382 e. The van der Waals surface area contributed by atoms with Crippen molar-refractivity contribution in [3.05, 3.63) is 34.3 Å². The molecule has 0 bridgehead atoms. The van der Waals surface area contributed by atoms with E-state index in [1.54, 1.807) is 7.11 Å². The van der Waals surface area contributed by atoms with Gasteiger partial charge in [0.2, 0.25) is 0 Å². The third kappa shape index (κ3) is 4.25. The number of fused-ring (bicyclic) bond motifs is 1. The first kappa shape index (κ1) is 21.9. The van der Waals surface area contributed by atoms with Gasteiger partial charge < -0.3 is 14.5 Å². The molecule has 2 aromatic rings. The van der Waals surface area contributed by atoms with Gasteiger partial charge in [0.05, 0.1) is 30.9 Å². The van der Waals surface area contributed by atoms with Gasteiger partial charge in [0.15, 0.2) is 5.82 Å². The zero-order valence-electron chi connectivity index (χ0n) is 17.7. The van der Waals surface area contributed by atoms with E-state index in [1.807, 2.05) is 0 Å². The SMILES string of the molecule is COCCOC1CCC(C#N)(N2CCC(n3c(=O)[nH]c4c(F)cc(F)cc43)CC2)CC1. The molecule has 1 saturated heterocycles. The molecule has 1 aromatic carbocycles. The zero-order chi connectivity index (χ0) is 22.0. The number of imidazole rings is 1. The highest BCUT2D eigenvalue weighted by atomic mass is 19.1. The molecular formula is C22H28F2N4O3. The Morgan fingerprint density at radius 3 is 2.55 bits per heavy atom. The number of halogens is 2. The number of hydrogen-bond acceptors (Lipinski definition) is 5. The summed E-state index contributed by atoms with van der Waals surface area (Å²) in [5, 5.41) is 9.99. The fraction of sp³-hybridized carbons (Fsp3) is 0.636. The molecule has 1 aliphatic heterocycles. The summed E-state index contributed by atoms with van der Waals surface area (Å²) in [6.45, 7) is 2.44. The number of likely N-dealkylation sites (tertiary alicyclic amines) is 1.